The topological polar surface area (TPSA) is 12.0 Å². The van der Waals surface area contributed by atoms with E-state index in [-0.39, 0.29) is 0 Å². The van der Waals surface area contributed by atoms with Crippen LogP contribution < -0.4 is 5.32 Å². The monoisotopic (exact) mass is 357 g/mol. The molecule has 0 unspecified atom stereocenters. The lowest BCUT2D eigenvalue weighted by atomic mass is 10.2. The van der Waals surface area contributed by atoms with Gasteiger partial charge in [-0.15, -0.1) is 0 Å². The van der Waals surface area contributed by atoms with Crippen LogP contribution in [0.25, 0.3) is 0 Å². The van der Waals surface area contributed by atoms with Crippen LogP contribution in [-0.2, 0) is 6.54 Å². The second-order valence-corrected chi connectivity index (χ2v) is 5.56. The van der Waals surface area contributed by atoms with Gasteiger partial charge in [0.25, 0.3) is 0 Å². The fraction of sp³-hybridized carbons (Fsp3) is 0.143. The van der Waals surface area contributed by atoms with Crippen molar-refractivity contribution in [1.82, 2.24) is 0 Å². The minimum Gasteiger partial charge on any atom is -0.381 e. The summed E-state index contributed by atoms with van der Waals surface area (Å²) in [5, 5.41) is 4.23. The molecule has 2 aromatic carbocycles. The molecule has 88 valence electrons. The normalized spacial score (nSPS) is 10.3. The Morgan fingerprint density at radius 2 is 1.94 bits per heavy atom. The summed E-state index contributed by atoms with van der Waals surface area (Å²) >= 11 is 8.44. The summed E-state index contributed by atoms with van der Waals surface area (Å²) in [6.07, 6.45) is 0. The lowest BCUT2D eigenvalue weighted by Crippen LogP contribution is -2.01. The number of aryl methyl sites for hydroxylation is 1. The fourth-order valence-electron chi connectivity index (χ4n) is 1.62. The Morgan fingerprint density at radius 1 is 1.18 bits per heavy atom. The minimum atomic E-state index is 0.751. The number of benzene rings is 2. The highest BCUT2D eigenvalue weighted by Crippen LogP contribution is 2.21. The highest BCUT2D eigenvalue weighted by atomic mass is 127. The molecule has 0 fully saturated rings. The van der Waals surface area contributed by atoms with Crippen molar-refractivity contribution in [3.63, 3.8) is 0 Å². The predicted octanol–water partition coefficient (Wildman–Crippen LogP) is 4.87. The molecule has 0 radical (unpaired) electrons. The van der Waals surface area contributed by atoms with E-state index < -0.39 is 0 Å². The van der Waals surface area contributed by atoms with Gasteiger partial charge in [-0.25, -0.2) is 0 Å². The number of hydrogen-bond acceptors (Lipinski definition) is 1. The SMILES string of the molecule is Cc1ccc(I)cc1NCc1ccccc1Cl. The van der Waals surface area contributed by atoms with Gasteiger partial charge in [-0.1, -0.05) is 35.9 Å². The average Bonchev–Trinajstić information content (AvgIpc) is 2.32. The third-order valence-electron chi connectivity index (χ3n) is 2.63. The number of hydrogen-bond donors (Lipinski definition) is 1. The van der Waals surface area contributed by atoms with Gasteiger partial charge in [0.1, 0.15) is 0 Å². The van der Waals surface area contributed by atoms with Crippen molar-refractivity contribution in [3.8, 4) is 0 Å². The molecule has 0 spiro atoms. The van der Waals surface area contributed by atoms with Crippen LogP contribution >= 0.6 is 34.2 Å². The average molecular weight is 358 g/mol. The summed E-state index contributed by atoms with van der Waals surface area (Å²) in [6.45, 7) is 2.85. The number of nitrogens with one attached hydrogen (secondary N) is 1. The zero-order valence-corrected chi connectivity index (χ0v) is 12.4. The van der Waals surface area contributed by atoms with E-state index in [9.17, 15) is 0 Å². The Labute approximate surface area is 120 Å². The molecule has 0 atom stereocenters. The second kappa shape index (κ2) is 5.74. The van der Waals surface area contributed by atoms with Gasteiger partial charge in [0.15, 0.2) is 0 Å². The first-order valence-corrected chi connectivity index (χ1v) is 6.86. The molecule has 2 rings (SSSR count). The van der Waals surface area contributed by atoms with E-state index in [1.807, 2.05) is 24.3 Å². The third-order valence-corrected chi connectivity index (χ3v) is 3.67. The quantitative estimate of drug-likeness (QED) is 0.773. The van der Waals surface area contributed by atoms with Crippen LogP contribution in [0, 0.1) is 10.5 Å². The van der Waals surface area contributed by atoms with Crippen LogP contribution in [0.15, 0.2) is 42.5 Å². The molecule has 0 aromatic heterocycles. The van der Waals surface area contributed by atoms with Crippen molar-refractivity contribution in [2.45, 2.75) is 13.5 Å². The standard InChI is InChI=1S/C14H13ClIN/c1-10-6-7-12(16)8-14(10)17-9-11-4-2-3-5-13(11)15/h2-8,17H,9H2,1H3. The first kappa shape index (κ1) is 12.7. The van der Waals surface area contributed by atoms with E-state index in [0.29, 0.717) is 0 Å². The first-order valence-electron chi connectivity index (χ1n) is 5.40. The molecule has 3 heteroatoms. The zero-order valence-electron chi connectivity index (χ0n) is 9.50. The van der Waals surface area contributed by atoms with Crippen LogP contribution in [0.3, 0.4) is 0 Å². The van der Waals surface area contributed by atoms with E-state index in [2.05, 4.69) is 53.0 Å². The molecule has 1 N–H and O–H groups in total. The molecule has 17 heavy (non-hydrogen) atoms. The highest BCUT2D eigenvalue weighted by Gasteiger charge is 2.01. The molecule has 0 bridgehead atoms. The summed E-state index contributed by atoms with van der Waals surface area (Å²) in [4.78, 5) is 0. The van der Waals surface area contributed by atoms with Gasteiger partial charge in [-0.3, -0.25) is 0 Å². The molecule has 0 aliphatic heterocycles. The van der Waals surface area contributed by atoms with Gasteiger partial charge in [0.05, 0.1) is 0 Å². The minimum absolute atomic E-state index is 0.751. The van der Waals surface area contributed by atoms with Gasteiger partial charge < -0.3 is 5.32 Å². The Bertz CT molecular complexity index is 525. The molecule has 0 amide bonds. The number of rotatable bonds is 3. The smallest absolute Gasteiger partial charge is 0.0455 e. The molecular weight excluding hydrogens is 345 g/mol. The molecule has 1 nitrogen and oxygen atoms in total. The Hall–Kier alpha value is -0.740. The molecule has 0 aliphatic carbocycles. The van der Waals surface area contributed by atoms with Gasteiger partial charge >= 0.3 is 0 Å². The number of anilines is 1. The third kappa shape index (κ3) is 3.36. The summed E-state index contributed by atoms with van der Waals surface area (Å²) in [7, 11) is 0. The first-order chi connectivity index (χ1) is 8.16. The van der Waals surface area contributed by atoms with E-state index >= 15 is 0 Å². The van der Waals surface area contributed by atoms with E-state index in [4.69, 9.17) is 11.6 Å². The van der Waals surface area contributed by atoms with Gasteiger partial charge in [-0.2, -0.15) is 0 Å². The van der Waals surface area contributed by atoms with E-state index in [1.54, 1.807) is 0 Å². The maximum absolute atomic E-state index is 6.12. The van der Waals surface area contributed by atoms with Crippen LogP contribution in [-0.4, -0.2) is 0 Å². The lowest BCUT2D eigenvalue weighted by Gasteiger charge is -2.11. The summed E-state index contributed by atoms with van der Waals surface area (Å²) in [5.41, 5.74) is 3.53. The molecule has 2 aromatic rings. The summed E-state index contributed by atoms with van der Waals surface area (Å²) in [5.74, 6) is 0. The van der Waals surface area contributed by atoms with Crippen LogP contribution in [0.4, 0.5) is 5.69 Å². The Balaban J connectivity index is 2.12. The maximum Gasteiger partial charge on any atom is 0.0455 e. The van der Waals surface area contributed by atoms with Crippen LogP contribution in [0.5, 0.6) is 0 Å². The van der Waals surface area contributed by atoms with Crippen LogP contribution in [0.1, 0.15) is 11.1 Å². The Kier molecular flexibility index (Phi) is 4.29. The molecule has 0 aliphatic rings. The van der Waals surface area contributed by atoms with E-state index in [1.165, 1.54) is 9.13 Å². The molecule has 0 heterocycles. The predicted molar refractivity (Wildman–Crippen MR) is 82.7 cm³/mol. The summed E-state index contributed by atoms with van der Waals surface area (Å²) < 4.78 is 1.23. The second-order valence-electron chi connectivity index (χ2n) is 3.90. The molecular formula is C14H13ClIN. The fourth-order valence-corrected chi connectivity index (χ4v) is 2.31. The Morgan fingerprint density at radius 3 is 2.71 bits per heavy atom. The van der Waals surface area contributed by atoms with Crippen molar-refractivity contribution in [3.05, 3.63) is 62.2 Å². The molecule has 0 saturated heterocycles. The molecule has 0 saturated carbocycles. The van der Waals surface area contributed by atoms with Crippen molar-refractivity contribution < 1.29 is 0 Å². The van der Waals surface area contributed by atoms with Gasteiger partial charge in [0, 0.05) is 20.8 Å². The van der Waals surface area contributed by atoms with Gasteiger partial charge in [-0.05, 0) is 58.8 Å². The number of halogens is 2. The van der Waals surface area contributed by atoms with E-state index in [0.717, 1.165) is 22.8 Å². The van der Waals surface area contributed by atoms with Crippen molar-refractivity contribution in [1.29, 1.82) is 0 Å². The van der Waals surface area contributed by atoms with Gasteiger partial charge in [0.2, 0.25) is 0 Å². The van der Waals surface area contributed by atoms with Crippen molar-refractivity contribution >= 4 is 39.9 Å². The van der Waals surface area contributed by atoms with Crippen LogP contribution in [0.2, 0.25) is 5.02 Å². The summed E-state index contributed by atoms with van der Waals surface area (Å²) in [6, 6.07) is 14.3. The lowest BCUT2D eigenvalue weighted by molar-refractivity contribution is 1.14. The maximum atomic E-state index is 6.12. The zero-order chi connectivity index (χ0) is 12.3. The largest absolute Gasteiger partial charge is 0.381 e. The highest BCUT2D eigenvalue weighted by molar-refractivity contribution is 14.1. The van der Waals surface area contributed by atoms with Crippen molar-refractivity contribution in [2.75, 3.05) is 5.32 Å². The van der Waals surface area contributed by atoms with Crippen molar-refractivity contribution in [2.24, 2.45) is 0 Å².